The molecule has 112 valence electrons. The average Bonchev–Trinajstić information content (AvgIpc) is 2.77. The Bertz CT molecular complexity index is 852. The number of rotatable bonds is 3. The monoisotopic (exact) mass is 295 g/mol. The van der Waals surface area contributed by atoms with Crippen LogP contribution in [0.15, 0.2) is 42.6 Å². The van der Waals surface area contributed by atoms with Gasteiger partial charge in [0.15, 0.2) is 0 Å². The highest BCUT2D eigenvalue weighted by molar-refractivity contribution is 5.92. The van der Waals surface area contributed by atoms with Crippen molar-refractivity contribution in [3.63, 3.8) is 0 Å². The molecule has 0 aliphatic carbocycles. The minimum Gasteiger partial charge on any atom is -0.508 e. The SMILES string of the molecule is Cc1nc2c(C)cccn2c1CC(=O)Nc1cccc(O)c1. The third kappa shape index (κ3) is 2.65. The third-order valence-electron chi connectivity index (χ3n) is 3.60. The second-order valence-corrected chi connectivity index (χ2v) is 5.30. The average molecular weight is 295 g/mol. The van der Waals surface area contributed by atoms with Crippen LogP contribution < -0.4 is 5.32 Å². The van der Waals surface area contributed by atoms with Crippen molar-refractivity contribution in [2.24, 2.45) is 0 Å². The zero-order valence-electron chi connectivity index (χ0n) is 12.5. The predicted molar refractivity (Wildman–Crippen MR) is 85.1 cm³/mol. The van der Waals surface area contributed by atoms with E-state index in [0.29, 0.717) is 5.69 Å². The molecule has 3 aromatic rings. The Morgan fingerprint density at radius 1 is 1.27 bits per heavy atom. The lowest BCUT2D eigenvalue weighted by atomic mass is 10.2. The summed E-state index contributed by atoms with van der Waals surface area (Å²) in [6, 6.07) is 10.5. The molecule has 0 saturated heterocycles. The number of phenolic OH excluding ortho intramolecular Hbond substituents is 1. The molecule has 2 heterocycles. The number of aryl methyl sites for hydroxylation is 2. The molecule has 5 nitrogen and oxygen atoms in total. The second kappa shape index (κ2) is 5.52. The first-order chi connectivity index (χ1) is 10.5. The molecule has 0 aliphatic heterocycles. The Balaban J connectivity index is 1.85. The molecule has 1 amide bonds. The van der Waals surface area contributed by atoms with Crippen LogP contribution >= 0.6 is 0 Å². The van der Waals surface area contributed by atoms with Crippen molar-refractivity contribution in [2.75, 3.05) is 5.32 Å². The Morgan fingerprint density at radius 2 is 2.09 bits per heavy atom. The number of aromatic hydroxyl groups is 1. The van der Waals surface area contributed by atoms with Crippen molar-refractivity contribution >= 4 is 17.2 Å². The number of nitrogens with zero attached hydrogens (tertiary/aromatic N) is 2. The second-order valence-electron chi connectivity index (χ2n) is 5.30. The number of aromatic nitrogens is 2. The highest BCUT2D eigenvalue weighted by Gasteiger charge is 2.14. The smallest absolute Gasteiger partial charge is 0.230 e. The van der Waals surface area contributed by atoms with Crippen LogP contribution in [-0.4, -0.2) is 20.4 Å². The Hall–Kier alpha value is -2.82. The normalized spacial score (nSPS) is 10.8. The number of pyridine rings is 1. The van der Waals surface area contributed by atoms with Gasteiger partial charge in [-0.05, 0) is 37.6 Å². The molecule has 2 N–H and O–H groups in total. The minimum atomic E-state index is -0.142. The molecule has 1 aromatic carbocycles. The molecular weight excluding hydrogens is 278 g/mol. The van der Waals surface area contributed by atoms with Crippen LogP contribution in [0.5, 0.6) is 5.75 Å². The first-order valence-corrected chi connectivity index (χ1v) is 7.06. The fourth-order valence-corrected chi connectivity index (χ4v) is 2.52. The van der Waals surface area contributed by atoms with E-state index in [4.69, 9.17) is 0 Å². The first kappa shape index (κ1) is 14.1. The summed E-state index contributed by atoms with van der Waals surface area (Å²) in [6.45, 7) is 3.90. The maximum Gasteiger partial charge on any atom is 0.230 e. The lowest BCUT2D eigenvalue weighted by Crippen LogP contribution is -2.16. The molecule has 0 atom stereocenters. The molecule has 0 fully saturated rings. The van der Waals surface area contributed by atoms with Gasteiger partial charge in [0, 0.05) is 18.0 Å². The number of phenols is 1. The van der Waals surface area contributed by atoms with Crippen molar-refractivity contribution in [3.8, 4) is 5.75 Å². The Morgan fingerprint density at radius 3 is 2.86 bits per heavy atom. The summed E-state index contributed by atoms with van der Waals surface area (Å²) in [5, 5.41) is 12.2. The van der Waals surface area contributed by atoms with Gasteiger partial charge in [-0.25, -0.2) is 4.98 Å². The van der Waals surface area contributed by atoms with Crippen molar-refractivity contribution < 1.29 is 9.90 Å². The number of carbonyl (C=O) groups is 1. The molecule has 0 unspecified atom stereocenters. The molecule has 2 aromatic heterocycles. The molecule has 5 heteroatoms. The van der Waals surface area contributed by atoms with E-state index in [0.717, 1.165) is 22.6 Å². The van der Waals surface area contributed by atoms with Crippen LogP contribution in [0.25, 0.3) is 5.65 Å². The predicted octanol–water partition coefficient (Wildman–Crippen LogP) is 2.84. The summed E-state index contributed by atoms with van der Waals surface area (Å²) in [4.78, 5) is 16.8. The van der Waals surface area contributed by atoms with E-state index in [1.54, 1.807) is 18.2 Å². The topological polar surface area (TPSA) is 66.6 Å². The van der Waals surface area contributed by atoms with Crippen LogP contribution in [0.1, 0.15) is 17.0 Å². The maximum absolute atomic E-state index is 12.2. The van der Waals surface area contributed by atoms with Crippen molar-refractivity contribution in [1.82, 2.24) is 9.38 Å². The van der Waals surface area contributed by atoms with Gasteiger partial charge in [-0.3, -0.25) is 4.79 Å². The zero-order chi connectivity index (χ0) is 15.7. The molecule has 0 bridgehead atoms. The Labute approximate surface area is 128 Å². The number of imidazole rings is 1. The number of anilines is 1. The van der Waals surface area contributed by atoms with Gasteiger partial charge in [-0.15, -0.1) is 0 Å². The van der Waals surface area contributed by atoms with Gasteiger partial charge in [0.2, 0.25) is 5.91 Å². The highest BCUT2D eigenvalue weighted by atomic mass is 16.3. The quantitative estimate of drug-likeness (QED) is 0.781. The van der Waals surface area contributed by atoms with Crippen LogP contribution in [0.3, 0.4) is 0 Å². The summed E-state index contributed by atoms with van der Waals surface area (Å²) in [5.74, 6) is -0.0172. The van der Waals surface area contributed by atoms with E-state index in [1.165, 1.54) is 6.07 Å². The summed E-state index contributed by atoms with van der Waals surface area (Å²) < 4.78 is 1.95. The van der Waals surface area contributed by atoms with Gasteiger partial charge < -0.3 is 14.8 Å². The first-order valence-electron chi connectivity index (χ1n) is 7.06. The van der Waals surface area contributed by atoms with Crippen molar-refractivity contribution in [1.29, 1.82) is 0 Å². The highest BCUT2D eigenvalue weighted by Crippen LogP contribution is 2.18. The lowest BCUT2D eigenvalue weighted by Gasteiger charge is -2.07. The molecule has 0 spiro atoms. The van der Waals surface area contributed by atoms with E-state index in [1.807, 2.05) is 36.6 Å². The minimum absolute atomic E-state index is 0.124. The number of nitrogens with one attached hydrogen (secondary N) is 1. The van der Waals surface area contributed by atoms with E-state index in [2.05, 4.69) is 10.3 Å². The fraction of sp³-hybridized carbons (Fsp3) is 0.176. The molecule has 0 saturated carbocycles. The summed E-state index contributed by atoms with van der Waals surface area (Å²) in [5.41, 5.74) is 4.25. The number of hydrogen-bond acceptors (Lipinski definition) is 3. The molecule has 3 rings (SSSR count). The summed E-state index contributed by atoms with van der Waals surface area (Å²) in [6.07, 6.45) is 2.14. The van der Waals surface area contributed by atoms with E-state index in [9.17, 15) is 9.90 Å². The van der Waals surface area contributed by atoms with Gasteiger partial charge in [-0.1, -0.05) is 12.1 Å². The van der Waals surface area contributed by atoms with Gasteiger partial charge >= 0.3 is 0 Å². The van der Waals surface area contributed by atoms with Gasteiger partial charge in [0.1, 0.15) is 11.4 Å². The Kier molecular flexibility index (Phi) is 3.55. The van der Waals surface area contributed by atoms with Gasteiger partial charge in [0.05, 0.1) is 17.8 Å². The number of hydrogen-bond donors (Lipinski definition) is 2. The fourth-order valence-electron chi connectivity index (χ4n) is 2.52. The van der Waals surface area contributed by atoms with Crippen molar-refractivity contribution in [3.05, 3.63) is 59.5 Å². The molecule has 0 radical (unpaired) electrons. The summed E-state index contributed by atoms with van der Waals surface area (Å²) >= 11 is 0. The van der Waals surface area contributed by atoms with Crippen LogP contribution in [0.4, 0.5) is 5.69 Å². The maximum atomic E-state index is 12.2. The number of amides is 1. The lowest BCUT2D eigenvalue weighted by molar-refractivity contribution is -0.115. The van der Waals surface area contributed by atoms with Crippen LogP contribution in [0.2, 0.25) is 0 Å². The van der Waals surface area contributed by atoms with Crippen LogP contribution in [0, 0.1) is 13.8 Å². The number of carbonyl (C=O) groups excluding carboxylic acids is 1. The molecular formula is C17H17N3O2. The van der Waals surface area contributed by atoms with Crippen LogP contribution in [-0.2, 0) is 11.2 Å². The van der Waals surface area contributed by atoms with Crippen molar-refractivity contribution in [2.45, 2.75) is 20.3 Å². The number of fused-ring (bicyclic) bond motifs is 1. The summed E-state index contributed by atoms with van der Waals surface area (Å²) in [7, 11) is 0. The van der Waals surface area contributed by atoms with E-state index < -0.39 is 0 Å². The molecule has 22 heavy (non-hydrogen) atoms. The van der Waals surface area contributed by atoms with Gasteiger partial charge in [-0.2, -0.15) is 0 Å². The van der Waals surface area contributed by atoms with E-state index >= 15 is 0 Å². The molecule has 0 aliphatic rings. The largest absolute Gasteiger partial charge is 0.508 e. The standard InChI is InChI=1S/C17H17N3O2/c1-11-5-4-8-20-15(12(2)18-17(11)20)10-16(22)19-13-6-3-7-14(21)9-13/h3-9,21H,10H2,1-2H3,(H,19,22). The number of benzene rings is 1. The van der Waals surface area contributed by atoms with E-state index in [-0.39, 0.29) is 18.1 Å². The van der Waals surface area contributed by atoms with Gasteiger partial charge in [0.25, 0.3) is 0 Å². The third-order valence-corrected chi connectivity index (χ3v) is 3.60. The zero-order valence-corrected chi connectivity index (χ0v) is 12.5.